The van der Waals surface area contributed by atoms with Crippen molar-refractivity contribution < 1.29 is 19.1 Å². The zero-order chi connectivity index (χ0) is 19.8. The third kappa shape index (κ3) is 15.0. The highest BCUT2D eigenvalue weighted by molar-refractivity contribution is 5.78. The summed E-state index contributed by atoms with van der Waals surface area (Å²) < 4.78 is 10.5. The van der Waals surface area contributed by atoms with Gasteiger partial charge in [-0.05, 0) is 18.8 Å². The lowest BCUT2D eigenvalue weighted by Crippen LogP contribution is -2.38. The molecule has 0 bridgehead atoms. The summed E-state index contributed by atoms with van der Waals surface area (Å²) >= 11 is 0. The second kappa shape index (κ2) is 14.9. The zero-order valence-electron chi connectivity index (χ0n) is 17.8. The van der Waals surface area contributed by atoms with Gasteiger partial charge in [0.1, 0.15) is 6.54 Å². The number of hydrogen-bond donors (Lipinski definition) is 0. The van der Waals surface area contributed by atoms with E-state index in [9.17, 15) is 9.59 Å². The Morgan fingerprint density at radius 3 is 1.85 bits per heavy atom. The van der Waals surface area contributed by atoms with Crippen molar-refractivity contribution in [3.63, 3.8) is 0 Å². The molecular formula is C21H41NO4. The monoisotopic (exact) mass is 371 g/mol. The van der Waals surface area contributed by atoms with Gasteiger partial charge in [-0.25, -0.2) is 4.79 Å². The van der Waals surface area contributed by atoms with E-state index in [0.29, 0.717) is 19.8 Å². The van der Waals surface area contributed by atoms with Gasteiger partial charge in [0.25, 0.3) is 0 Å². The molecule has 0 spiro atoms. The standard InChI is InChI=1S/C21H41NO4/c1-6-8-9-10-11-12-13-14-15-16-25-19(23)17-22(7-2)20(24)26-18-21(3,4)5/h6-18H2,1-5H3. The molecule has 26 heavy (non-hydrogen) atoms. The van der Waals surface area contributed by atoms with Crippen molar-refractivity contribution in [3.05, 3.63) is 0 Å². The van der Waals surface area contributed by atoms with Gasteiger partial charge in [0.05, 0.1) is 13.2 Å². The van der Waals surface area contributed by atoms with Crippen LogP contribution in [0, 0.1) is 5.41 Å². The van der Waals surface area contributed by atoms with Gasteiger partial charge in [-0.1, -0.05) is 79.1 Å². The van der Waals surface area contributed by atoms with Crippen LogP contribution < -0.4 is 0 Å². The maximum absolute atomic E-state index is 12.0. The smallest absolute Gasteiger partial charge is 0.410 e. The molecule has 0 aliphatic heterocycles. The van der Waals surface area contributed by atoms with Gasteiger partial charge in [-0.2, -0.15) is 0 Å². The molecule has 0 unspecified atom stereocenters. The molecule has 5 heteroatoms. The SMILES string of the molecule is CCCCCCCCCCCOC(=O)CN(CC)C(=O)OCC(C)(C)C. The number of nitrogens with zero attached hydrogens (tertiary/aromatic N) is 1. The van der Waals surface area contributed by atoms with Crippen LogP contribution in [0.25, 0.3) is 0 Å². The highest BCUT2D eigenvalue weighted by atomic mass is 16.6. The lowest BCUT2D eigenvalue weighted by molar-refractivity contribution is -0.144. The predicted molar refractivity (Wildman–Crippen MR) is 106 cm³/mol. The van der Waals surface area contributed by atoms with Crippen molar-refractivity contribution in [2.24, 2.45) is 5.41 Å². The molecular weight excluding hydrogens is 330 g/mol. The molecule has 0 aliphatic carbocycles. The van der Waals surface area contributed by atoms with Crippen LogP contribution in [0.4, 0.5) is 4.79 Å². The number of unbranched alkanes of at least 4 members (excludes halogenated alkanes) is 8. The van der Waals surface area contributed by atoms with Crippen molar-refractivity contribution in [1.29, 1.82) is 0 Å². The zero-order valence-corrected chi connectivity index (χ0v) is 17.8. The lowest BCUT2D eigenvalue weighted by Gasteiger charge is -2.23. The summed E-state index contributed by atoms with van der Waals surface area (Å²) in [4.78, 5) is 25.3. The highest BCUT2D eigenvalue weighted by Gasteiger charge is 2.20. The predicted octanol–water partition coefficient (Wildman–Crippen LogP) is 5.57. The van der Waals surface area contributed by atoms with Gasteiger partial charge < -0.3 is 9.47 Å². The first-order valence-corrected chi connectivity index (χ1v) is 10.4. The summed E-state index contributed by atoms with van der Waals surface area (Å²) in [7, 11) is 0. The Morgan fingerprint density at radius 1 is 0.808 bits per heavy atom. The number of hydrogen-bond acceptors (Lipinski definition) is 4. The minimum absolute atomic E-state index is 0.0447. The number of ether oxygens (including phenoxy) is 2. The average Bonchev–Trinajstić information content (AvgIpc) is 2.58. The highest BCUT2D eigenvalue weighted by Crippen LogP contribution is 2.14. The fraction of sp³-hybridized carbons (Fsp3) is 0.905. The first-order chi connectivity index (χ1) is 12.3. The average molecular weight is 372 g/mol. The molecule has 0 N–H and O–H groups in total. The van der Waals surface area contributed by atoms with Crippen LogP contribution in [-0.2, 0) is 14.3 Å². The van der Waals surface area contributed by atoms with Crippen molar-refractivity contribution in [2.45, 2.75) is 92.4 Å². The molecule has 0 atom stereocenters. The second-order valence-electron chi connectivity index (χ2n) is 8.18. The number of carbonyl (C=O) groups excluding carboxylic acids is 2. The Morgan fingerprint density at radius 2 is 1.35 bits per heavy atom. The minimum Gasteiger partial charge on any atom is -0.464 e. The van der Waals surface area contributed by atoms with E-state index >= 15 is 0 Å². The molecule has 0 fully saturated rings. The van der Waals surface area contributed by atoms with E-state index in [-0.39, 0.29) is 17.9 Å². The summed E-state index contributed by atoms with van der Waals surface area (Å²) in [6, 6.07) is 0. The summed E-state index contributed by atoms with van der Waals surface area (Å²) in [6.07, 6.45) is 10.6. The van der Waals surface area contributed by atoms with Crippen molar-refractivity contribution >= 4 is 12.1 Å². The largest absolute Gasteiger partial charge is 0.464 e. The van der Waals surface area contributed by atoms with E-state index in [2.05, 4.69) is 6.92 Å². The minimum atomic E-state index is -0.456. The van der Waals surface area contributed by atoms with Gasteiger partial charge in [0.15, 0.2) is 0 Å². The molecule has 5 nitrogen and oxygen atoms in total. The summed E-state index contributed by atoms with van der Waals surface area (Å²) in [5, 5.41) is 0. The molecule has 154 valence electrons. The fourth-order valence-electron chi connectivity index (χ4n) is 2.48. The fourth-order valence-corrected chi connectivity index (χ4v) is 2.48. The van der Waals surface area contributed by atoms with Crippen LogP contribution in [0.3, 0.4) is 0 Å². The summed E-state index contributed by atoms with van der Waals surface area (Å²) in [6.45, 7) is 11.2. The Bertz CT molecular complexity index is 377. The third-order valence-electron chi connectivity index (χ3n) is 4.10. The van der Waals surface area contributed by atoms with E-state index < -0.39 is 6.09 Å². The van der Waals surface area contributed by atoms with E-state index in [1.165, 1.54) is 49.8 Å². The number of carbonyl (C=O) groups is 2. The number of rotatable bonds is 14. The molecule has 0 aliphatic rings. The number of esters is 1. The van der Waals surface area contributed by atoms with Crippen LogP contribution >= 0.6 is 0 Å². The Hall–Kier alpha value is -1.26. The van der Waals surface area contributed by atoms with E-state index in [4.69, 9.17) is 9.47 Å². The van der Waals surface area contributed by atoms with Gasteiger partial charge >= 0.3 is 12.1 Å². The normalized spacial score (nSPS) is 11.3. The third-order valence-corrected chi connectivity index (χ3v) is 4.10. The number of likely N-dealkylation sites (N-methyl/N-ethyl adjacent to an activating group) is 1. The van der Waals surface area contributed by atoms with Crippen LogP contribution in [0.5, 0.6) is 0 Å². The summed E-state index contributed by atoms with van der Waals surface area (Å²) in [5.74, 6) is -0.362. The molecule has 0 radical (unpaired) electrons. The Kier molecular flexibility index (Phi) is 14.1. The van der Waals surface area contributed by atoms with Crippen LogP contribution in [0.2, 0.25) is 0 Å². The lowest BCUT2D eigenvalue weighted by atomic mass is 9.99. The Balaban J connectivity index is 3.74. The van der Waals surface area contributed by atoms with E-state index in [1.54, 1.807) is 0 Å². The maximum Gasteiger partial charge on any atom is 0.410 e. The molecule has 1 amide bonds. The van der Waals surface area contributed by atoms with E-state index in [0.717, 1.165) is 12.8 Å². The second-order valence-corrected chi connectivity index (χ2v) is 8.18. The van der Waals surface area contributed by atoms with Gasteiger partial charge in [-0.15, -0.1) is 0 Å². The maximum atomic E-state index is 12.0. The van der Waals surface area contributed by atoms with Crippen molar-refractivity contribution in [2.75, 3.05) is 26.3 Å². The Labute approximate surface area is 160 Å². The quantitative estimate of drug-likeness (QED) is 0.296. The molecule has 0 aromatic rings. The molecule has 0 saturated carbocycles. The van der Waals surface area contributed by atoms with Crippen LogP contribution in [0.15, 0.2) is 0 Å². The van der Waals surface area contributed by atoms with Crippen LogP contribution in [-0.4, -0.2) is 43.3 Å². The van der Waals surface area contributed by atoms with E-state index in [1.807, 2.05) is 27.7 Å². The molecule has 0 rings (SSSR count). The molecule has 0 saturated heterocycles. The first-order valence-electron chi connectivity index (χ1n) is 10.4. The summed E-state index contributed by atoms with van der Waals surface area (Å²) in [5.41, 5.74) is -0.0917. The first kappa shape index (κ1) is 24.7. The molecule has 0 aromatic carbocycles. The topological polar surface area (TPSA) is 55.8 Å². The molecule has 0 heterocycles. The van der Waals surface area contributed by atoms with Gasteiger partial charge in [0.2, 0.25) is 0 Å². The van der Waals surface area contributed by atoms with Gasteiger partial charge in [-0.3, -0.25) is 9.69 Å². The van der Waals surface area contributed by atoms with Crippen molar-refractivity contribution in [3.8, 4) is 0 Å². The molecule has 0 aromatic heterocycles. The van der Waals surface area contributed by atoms with Gasteiger partial charge in [0, 0.05) is 6.54 Å². The van der Waals surface area contributed by atoms with Crippen LogP contribution in [0.1, 0.15) is 92.4 Å². The van der Waals surface area contributed by atoms with Crippen molar-refractivity contribution in [1.82, 2.24) is 4.90 Å². The number of amides is 1.